The van der Waals surface area contributed by atoms with E-state index in [9.17, 15) is 10.0 Å². The Morgan fingerprint density at radius 2 is 1.82 bits per heavy atom. The molecule has 2 aromatic rings. The maximum Gasteiger partial charge on any atom is 0.434 e. The van der Waals surface area contributed by atoms with Crippen LogP contribution in [0.2, 0.25) is 0 Å². The van der Waals surface area contributed by atoms with Gasteiger partial charge in [-0.1, -0.05) is 42.5 Å². The highest BCUT2D eigenvalue weighted by Gasteiger charge is 2.27. The van der Waals surface area contributed by atoms with Crippen molar-refractivity contribution in [2.24, 2.45) is 0 Å². The van der Waals surface area contributed by atoms with Crippen LogP contribution >= 0.6 is 0 Å². The third kappa shape index (κ3) is 3.98. The van der Waals surface area contributed by atoms with Crippen LogP contribution in [0.5, 0.6) is 0 Å². The van der Waals surface area contributed by atoms with Gasteiger partial charge in [0.05, 0.1) is 5.54 Å². The first kappa shape index (κ1) is 16.3. The summed E-state index contributed by atoms with van der Waals surface area (Å²) in [5, 5.41) is 12.7. The minimum absolute atomic E-state index is 0.314. The maximum atomic E-state index is 11.9. The fourth-order valence-electron chi connectivity index (χ4n) is 2.24. The van der Waals surface area contributed by atoms with Crippen LogP contribution in [0.25, 0.3) is 10.8 Å². The lowest BCUT2D eigenvalue weighted by Gasteiger charge is -2.29. The summed E-state index contributed by atoms with van der Waals surface area (Å²) < 4.78 is 5.29. The molecule has 0 fully saturated rings. The zero-order valence-electron chi connectivity index (χ0n) is 13.5. The number of hydrogen-bond acceptors (Lipinski definition) is 3. The van der Waals surface area contributed by atoms with Gasteiger partial charge in [-0.15, -0.1) is 0 Å². The summed E-state index contributed by atoms with van der Waals surface area (Å²) in [6, 6.07) is 14.3. The SMILES string of the molecule is CC(Cc1ccc2ccccc2c1)OC(=O)N(O)C(C)(C)C. The van der Waals surface area contributed by atoms with Crippen LogP contribution in [0.15, 0.2) is 42.5 Å². The van der Waals surface area contributed by atoms with E-state index in [1.165, 1.54) is 5.39 Å². The number of hydroxylamine groups is 2. The molecule has 2 aromatic carbocycles. The van der Waals surface area contributed by atoms with Crippen LogP contribution in [0, 0.1) is 0 Å². The molecule has 1 N–H and O–H groups in total. The molecule has 1 atom stereocenters. The number of carbonyl (C=O) groups excluding carboxylic acids is 1. The van der Waals surface area contributed by atoms with Gasteiger partial charge in [0.1, 0.15) is 6.10 Å². The first-order chi connectivity index (χ1) is 10.3. The van der Waals surface area contributed by atoms with Gasteiger partial charge in [-0.3, -0.25) is 5.21 Å². The number of rotatable bonds is 3. The summed E-state index contributed by atoms with van der Waals surface area (Å²) in [4.78, 5) is 11.9. The highest BCUT2D eigenvalue weighted by Crippen LogP contribution is 2.18. The number of carbonyl (C=O) groups is 1. The molecule has 0 saturated heterocycles. The van der Waals surface area contributed by atoms with Crippen LogP contribution in [0.1, 0.15) is 33.3 Å². The molecule has 0 saturated carbocycles. The second-order valence-electron chi connectivity index (χ2n) is 6.56. The quantitative estimate of drug-likeness (QED) is 0.675. The standard InChI is InChI=1S/C18H23NO3/c1-13(22-17(20)19(21)18(2,3)4)11-14-9-10-15-7-5-6-8-16(15)12-14/h5-10,12-13,21H,11H2,1-4H3. The topological polar surface area (TPSA) is 49.8 Å². The van der Waals surface area contributed by atoms with Crippen molar-refractivity contribution in [3.05, 3.63) is 48.0 Å². The van der Waals surface area contributed by atoms with E-state index in [2.05, 4.69) is 24.3 Å². The lowest BCUT2D eigenvalue weighted by atomic mass is 10.0. The molecule has 0 aliphatic carbocycles. The van der Waals surface area contributed by atoms with Crippen LogP contribution in [-0.2, 0) is 11.2 Å². The van der Waals surface area contributed by atoms with Gasteiger partial charge >= 0.3 is 6.09 Å². The van der Waals surface area contributed by atoms with Gasteiger partial charge in [-0.25, -0.2) is 4.79 Å². The fraction of sp³-hybridized carbons (Fsp3) is 0.389. The van der Waals surface area contributed by atoms with Crippen LogP contribution in [0.4, 0.5) is 4.79 Å². The van der Waals surface area contributed by atoms with E-state index in [1.807, 2.05) is 25.1 Å². The van der Waals surface area contributed by atoms with Crippen molar-refractivity contribution in [2.45, 2.75) is 45.8 Å². The van der Waals surface area contributed by atoms with Crippen molar-refractivity contribution >= 4 is 16.9 Å². The lowest BCUT2D eigenvalue weighted by molar-refractivity contribution is -0.135. The Bertz CT molecular complexity index is 661. The van der Waals surface area contributed by atoms with E-state index in [1.54, 1.807) is 20.8 Å². The van der Waals surface area contributed by atoms with Crippen molar-refractivity contribution in [2.75, 3.05) is 0 Å². The Hall–Kier alpha value is -2.07. The number of nitrogens with zero attached hydrogens (tertiary/aromatic N) is 1. The minimum atomic E-state index is -0.721. The molecule has 0 aliphatic heterocycles. The molecular formula is C18H23NO3. The zero-order valence-corrected chi connectivity index (χ0v) is 13.5. The highest BCUT2D eigenvalue weighted by atomic mass is 16.6. The molecule has 22 heavy (non-hydrogen) atoms. The van der Waals surface area contributed by atoms with E-state index in [4.69, 9.17) is 4.74 Å². The van der Waals surface area contributed by atoms with Crippen molar-refractivity contribution in [1.29, 1.82) is 0 Å². The predicted octanol–water partition coefficient (Wildman–Crippen LogP) is 4.40. The van der Waals surface area contributed by atoms with Crippen molar-refractivity contribution in [3.63, 3.8) is 0 Å². The van der Waals surface area contributed by atoms with Crippen LogP contribution in [-0.4, -0.2) is 28.0 Å². The Kier molecular flexibility index (Phi) is 4.71. The maximum absolute atomic E-state index is 11.9. The molecule has 2 rings (SSSR count). The Labute approximate surface area is 131 Å². The summed E-state index contributed by atoms with van der Waals surface area (Å²) in [7, 11) is 0. The van der Waals surface area contributed by atoms with E-state index >= 15 is 0 Å². The third-order valence-corrected chi connectivity index (χ3v) is 3.45. The average molecular weight is 301 g/mol. The van der Waals surface area contributed by atoms with E-state index < -0.39 is 11.6 Å². The first-order valence-corrected chi connectivity index (χ1v) is 7.45. The zero-order chi connectivity index (χ0) is 16.3. The Morgan fingerprint density at radius 1 is 1.18 bits per heavy atom. The average Bonchev–Trinajstić information content (AvgIpc) is 2.45. The van der Waals surface area contributed by atoms with Gasteiger partial charge < -0.3 is 4.74 Å². The molecule has 4 heteroatoms. The molecule has 118 valence electrons. The smallest absolute Gasteiger partial charge is 0.434 e. The minimum Gasteiger partial charge on any atom is -0.445 e. The van der Waals surface area contributed by atoms with Gasteiger partial charge in [0.25, 0.3) is 0 Å². The monoisotopic (exact) mass is 301 g/mol. The van der Waals surface area contributed by atoms with Gasteiger partial charge in [-0.05, 0) is 44.0 Å². The number of amides is 1. The van der Waals surface area contributed by atoms with Gasteiger partial charge in [0, 0.05) is 6.42 Å². The number of hydrogen-bond donors (Lipinski definition) is 1. The Balaban J connectivity index is 2.01. The third-order valence-electron chi connectivity index (χ3n) is 3.45. The molecule has 0 radical (unpaired) electrons. The summed E-state index contributed by atoms with van der Waals surface area (Å²) in [5.74, 6) is 0. The largest absolute Gasteiger partial charge is 0.445 e. The number of fused-ring (bicyclic) bond motifs is 1. The summed E-state index contributed by atoms with van der Waals surface area (Å²) in [5.41, 5.74) is 0.416. The molecule has 1 amide bonds. The second-order valence-corrected chi connectivity index (χ2v) is 6.56. The molecule has 0 spiro atoms. The first-order valence-electron chi connectivity index (χ1n) is 7.45. The number of ether oxygens (including phenoxy) is 1. The highest BCUT2D eigenvalue weighted by molar-refractivity contribution is 5.83. The molecule has 4 nitrogen and oxygen atoms in total. The summed E-state index contributed by atoms with van der Waals surface area (Å²) in [6.07, 6.45) is -0.430. The van der Waals surface area contributed by atoms with Crippen molar-refractivity contribution < 1.29 is 14.7 Å². The second kappa shape index (κ2) is 6.36. The van der Waals surface area contributed by atoms with Gasteiger partial charge in [0.15, 0.2) is 0 Å². The Morgan fingerprint density at radius 3 is 2.45 bits per heavy atom. The fourth-order valence-corrected chi connectivity index (χ4v) is 2.24. The van der Waals surface area contributed by atoms with Crippen LogP contribution < -0.4 is 0 Å². The summed E-state index contributed by atoms with van der Waals surface area (Å²) in [6.45, 7) is 7.04. The lowest BCUT2D eigenvalue weighted by Crippen LogP contribution is -2.44. The van der Waals surface area contributed by atoms with Gasteiger partial charge in [0.2, 0.25) is 0 Å². The predicted molar refractivity (Wildman–Crippen MR) is 87.0 cm³/mol. The molecule has 1 unspecified atom stereocenters. The molecule has 0 aliphatic rings. The summed E-state index contributed by atoms with van der Waals surface area (Å²) >= 11 is 0. The van der Waals surface area contributed by atoms with E-state index in [0.717, 1.165) is 10.9 Å². The molecule has 0 bridgehead atoms. The van der Waals surface area contributed by atoms with Gasteiger partial charge in [-0.2, -0.15) is 5.06 Å². The van der Waals surface area contributed by atoms with Crippen LogP contribution in [0.3, 0.4) is 0 Å². The molecule has 0 aromatic heterocycles. The molecule has 0 heterocycles. The van der Waals surface area contributed by atoms with E-state index in [-0.39, 0.29) is 6.10 Å². The molecular weight excluding hydrogens is 278 g/mol. The van der Waals surface area contributed by atoms with E-state index in [0.29, 0.717) is 11.5 Å². The number of benzene rings is 2. The normalized spacial score (nSPS) is 13.0. The van der Waals surface area contributed by atoms with Crippen molar-refractivity contribution in [1.82, 2.24) is 5.06 Å². The van der Waals surface area contributed by atoms with Crippen molar-refractivity contribution in [3.8, 4) is 0 Å².